The van der Waals surface area contributed by atoms with E-state index in [0.29, 0.717) is 10.6 Å². The molecule has 0 bridgehead atoms. The van der Waals surface area contributed by atoms with E-state index in [1.165, 1.54) is 0 Å². The molecule has 1 fully saturated rings. The number of amides is 1. The fraction of sp³-hybridized carbons (Fsp3) is 0.222. The molecule has 0 unspecified atom stereocenters. The van der Waals surface area contributed by atoms with E-state index >= 15 is 0 Å². The van der Waals surface area contributed by atoms with Crippen LogP contribution in [-0.4, -0.2) is 42.0 Å². The number of aromatic nitrogens is 1. The predicted molar refractivity (Wildman–Crippen MR) is 96.1 cm³/mol. The highest BCUT2D eigenvalue weighted by atomic mass is 35.5. The van der Waals surface area contributed by atoms with Crippen LogP contribution in [-0.2, 0) is 4.79 Å². The van der Waals surface area contributed by atoms with Crippen LogP contribution in [0.25, 0.3) is 5.57 Å². The van der Waals surface area contributed by atoms with Crippen molar-refractivity contribution in [3.05, 3.63) is 59.4 Å². The summed E-state index contributed by atoms with van der Waals surface area (Å²) >= 11 is 5.99. The third-order valence-electron chi connectivity index (χ3n) is 4.36. The van der Waals surface area contributed by atoms with Crippen molar-refractivity contribution < 1.29 is 4.79 Å². The van der Waals surface area contributed by atoms with Crippen LogP contribution < -0.4 is 10.2 Å². The van der Waals surface area contributed by atoms with E-state index in [2.05, 4.69) is 20.1 Å². The fourth-order valence-corrected chi connectivity index (χ4v) is 3.27. The Bertz CT molecular complexity index is 798. The highest BCUT2D eigenvalue weighted by Gasteiger charge is 2.26. The van der Waals surface area contributed by atoms with Crippen molar-refractivity contribution in [1.29, 1.82) is 0 Å². The monoisotopic (exact) mass is 340 g/mol. The van der Waals surface area contributed by atoms with Crippen molar-refractivity contribution >= 4 is 34.6 Å². The average molecular weight is 341 g/mol. The van der Waals surface area contributed by atoms with Crippen molar-refractivity contribution in [2.75, 3.05) is 36.4 Å². The van der Waals surface area contributed by atoms with E-state index in [1.54, 1.807) is 6.07 Å². The number of nitrogens with one attached hydrogen (secondary N) is 1. The molecule has 1 saturated heterocycles. The molecule has 4 rings (SSSR count). The lowest BCUT2D eigenvalue weighted by atomic mass is 10.1. The molecule has 122 valence electrons. The number of nitrogens with zero attached hydrogens (tertiary/aromatic N) is 3. The van der Waals surface area contributed by atoms with Gasteiger partial charge in [0.2, 0.25) is 0 Å². The van der Waals surface area contributed by atoms with Crippen molar-refractivity contribution in [3.8, 4) is 0 Å². The Labute approximate surface area is 145 Å². The lowest BCUT2D eigenvalue weighted by Crippen LogP contribution is -2.44. The number of rotatable bonds is 2. The van der Waals surface area contributed by atoms with Crippen molar-refractivity contribution in [2.24, 2.45) is 0 Å². The third-order valence-corrected chi connectivity index (χ3v) is 4.60. The van der Waals surface area contributed by atoms with E-state index in [-0.39, 0.29) is 5.91 Å². The quantitative estimate of drug-likeness (QED) is 0.854. The summed E-state index contributed by atoms with van der Waals surface area (Å²) in [5, 5.41) is 3.50. The Morgan fingerprint density at radius 2 is 1.96 bits per heavy atom. The summed E-state index contributed by atoms with van der Waals surface area (Å²) in [4.78, 5) is 21.1. The molecule has 24 heavy (non-hydrogen) atoms. The molecule has 1 aromatic carbocycles. The van der Waals surface area contributed by atoms with Crippen LogP contribution in [0, 0.1) is 0 Å². The number of halogens is 1. The van der Waals surface area contributed by atoms with Crippen molar-refractivity contribution in [2.45, 2.75) is 0 Å². The van der Waals surface area contributed by atoms with Gasteiger partial charge in [-0.15, -0.1) is 0 Å². The molecular weight excluding hydrogens is 324 g/mol. The minimum atomic E-state index is -0.0700. The molecule has 0 radical (unpaired) electrons. The first-order chi connectivity index (χ1) is 11.7. The van der Waals surface area contributed by atoms with Gasteiger partial charge in [-0.05, 0) is 24.3 Å². The van der Waals surface area contributed by atoms with Gasteiger partial charge in [-0.2, -0.15) is 0 Å². The van der Waals surface area contributed by atoms with E-state index in [4.69, 9.17) is 11.6 Å². The first-order valence-electron chi connectivity index (χ1n) is 7.94. The maximum atomic E-state index is 12.2. The summed E-state index contributed by atoms with van der Waals surface area (Å²) in [6.07, 6.45) is 3.78. The molecule has 0 spiro atoms. The molecule has 1 N–H and O–H groups in total. The number of hydrogen-bond donors (Lipinski definition) is 1. The SMILES string of the molecule is O=C1Nc2cc(Cl)ccc2/C1=C\N1CCN(c2ccccn2)CC1. The number of benzene rings is 1. The van der Waals surface area contributed by atoms with Crippen LogP contribution in [0.4, 0.5) is 11.5 Å². The van der Waals surface area contributed by atoms with Gasteiger partial charge in [0.05, 0.1) is 11.3 Å². The third kappa shape index (κ3) is 2.83. The van der Waals surface area contributed by atoms with Crippen LogP contribution in [0.15, 0.2) is 48.8 Å². The minimum Gasteiger partial charge on any atom is -0.373 e. The molecule has 2 aliphatic rings. The minimum absolute atomic E-state index is 0.0700. The van der Waals surface area contributed by atoms with Crippen LogP contribution >= 0.6 is 11.6 Å². The van der Waals surface area contributed by atoms with Crippen LogP contribution in [0.3, 0.4) is 0 Å². The van der Waals surface area contributed by atoms with Gasteiger partial charge in [0.15, 0.2) is 0 Å². The van der Waals surface area contributed by atoms with E-state index in [1.807, 2.05) is 42.7 Å². The molecule has 0 aliphatic carbocycles. The lowest BCUT2D eigenvalue weighted by molar-refractivity contribution is -0.110. The first kappa shape index (κ1) is 15.0. The van der Waals surface area contributed by atoms with Crippen LogP contribution in [0.2, 0.25) is 5.02 Å². The van der Waals surface area contributed by atoms with Crippen molar-refractivity contribution in [1.82, 2.24) is 9.88 Å². The lowest BCUT2D eigenvalue weighted by Gasteiger charge is -2.35. The Morgan fingerprint density at radius 3 is 2.71 bits per heavy atom. The molecule has 5 nitrogen and oxygen atoms in total. The van der Waals surface area contributed by atoms with Gasteiger partial charge < -0.3 is 15.1 Å². The second-order valence-corrected chi connectivity index (χ2v) is 6.33. The Balaban J connectivity index is 1.49. The highest BCUT2D eigenvalue weighted by molar-refractivity contribution is 6.34. The number of fused-ring (bicyclic) bond motifs is 1. The van der Waals surface area contributed by atoms with E-state index in [0.717, 1.165) is 43.2 Å². The fourth-order valence-electron chi connectivity index (χ4n) is 3.10. The standard InChI is InChI=1S/C18H17ClN4O/c19-13-4-5-14-15(18(24)21-16(14)11-13)12-22-7-9-23(10-8-22)17-3-1-2-6-20-17/h1-6,11-12H,7-10H2,(H,21,24)/b15-12+. The van der Waals surface area contributed by atoms with Gasteiger partial charge >= 0.3 is 0 Å². The largest absolute Gasteiger partial charge is 0.373 e. The molecular formula is C18H17ClN4O. The molecule has 1 amide bonds. The predicted octanol–water partition coefficient (Wildman–Crippen LogP) is 2.85. The number of piperazine rings is 1. The summed E-state index contributed by atoms with van der Waals surface area (Å²) < 4.78 is 0. The van der Waals surface area contributed by atoms with Gasteiger partial charge in [-0.25, -0.2) is 4.98 Å². The molecule has 2 aromatic rings. The van der Waals surface area contributed by atoms with Crippen LogP contribution in [0.5, 0.6) is 0 Å². The van der Waals surface area contributed by atoms with Gasteiger partial charge in [-0.1, -0.05) is 23.7 Å². The summed E-state index contributed by atoms with van der Waals surface area (Å²) in [7, 11) is 0. The number of pyridine rings is 1. The van der Waals surface area contributed by atoms with Crippen LogP contribution in [0.1, 0.15) is 5.56 Å². The zero-order valence-corrected chi connectivity index (χ0v) is 13.8. The summed E-state index contributed by atoms with van der Waals surface area (Å²) in [5.41, 5.74) is 2.40. The summed E-state index contributed by atoms with van der Waals surface area (Å²) in [5.74, 6) is 0.933. The smallest absolute Gasteiger partial charge is 0.257 e. The van der Waals surface area contributed by atoms with Gasteiger partial charge in [0, 0.05) is 49.2 Å². The van der Waals surface area contributed by atoms with E-state index in [9.17, 15) is 4.79 Å². The Hall–Kier alpha value is -2.53. The molecule has 0 atom stereocenters. The topological polar surface area (TPSA) is 48.5 Å². The average Bonchev–Trinajstić information content (AvgIpc) is 2.91. The number of hydrogen-bond acceptors (Lipinski definition) is 4. The zero-order valence-electron chi connectivity index (χ0n) is 13.1. The van der Waals surface area contributed by atoms with Gasteiger partial charge in [-0.3, -0.25) is 4.79 Å². The second-order valence-electron chi connectivity index (χ2n) is 5.90. The highest BCUT2D eigenvalue weighted by Crippen LogP contribution is 2.34. The molecule has 1 aromatic heterocycles. The zero-order chi connectivity index (χ0) is 16.5. The van der Waals surface area contributed by atoms with Gasteiger partial charge in [0.1, 0.15) is 5.82 Å². The number of anilines is 2. The molecule has 3 heterocycles. The normalized spacial score (nSPS) is 18.7. The second kappa shape index (κ2) is 6.17. The molecule has 0 saturated carbocycles. The number of carbonyl (C=O) groups excluding carboxylic acids is 1. The summed E-state index contributed by atoms with van der Waals surface area (Å²) in [6.45, 7) is 3.48. The first-order valence-corrected chi connectivity index (χ1v) is 8.31. The molecule has 2 aliphatic heterocycles. The number of carbonyl (C=O) groups is 1. The Morgan fingerprint density at radius 1 is 1.12 bits per heavy atom. The molecule has 6 heteroatoms. The maximum Gasteiger partial charge on any atom is 0.257 e. The summed E-state index contributed by atoms with van der Waals surface area (Å²) in [6, 6.07) is 11.4. The van der Waals surface area contributed by atoms with E-state index < -0.39 is 0 Å². The Kier molecular flexibility index (Phi) is 3.86. The van der Waals surface area contributed by atoms with Gasteiger partial charge in [0.25, 0.3) is 5.91 Å². The van der Waals surface area contributed by atoms with Crippen molar-refractivity contribution in [3.63, 3.8) is 0 Å². The maximum absolute atomic E-state index is 12.2.